The Morgan fingerprint density at radius 3 is 2.18 bits per heavy atom. The van der Waals surface area contributed by atoms with Gasteiger partial charge in [0, 0.05) is 6.26 Å². The van der Waals surface area contributed by atoms with Crippen molar-refractivity contribution in [1.29, 1.82) is 0 Å². The summed E-state index contributed by atoms with van der Waals surface area (Å²) in [7, 11) is -2.41. The number of ether oxygens (including phenoxy) is 3. The minimum atomic E-state index is -4.44. The molecule has 0 bridgehead atoms. The third-order valence-corrected chi connectivity index (χ3v) is 6.00. The fourth-order valence-corrected chi connectivity index (χ4v) is 4.18. The van der Waals surface area contributed by atoms with Crippen LogP contribution in [0.2, 0.25) is 0 Å². The Hall–Kier alpha value is -2.95. The number of rotatable bonds is 7. The van der Waals surface area contributed by atoms with Gasteiger partial charge in [0.1, 0.15) is 28.1 Å². The van der Waals surface area contributed by atoms with Crippen LogP contribution in [-0.2, 0) is 16.0 Å². The van der Waals surface area contributed by atoms with E-state index in [1.165, 1.54) is 36.3 Å². The standard InChI is InChI=1S/C22H24F3NO6S/c1-13(2)31-17-9-10-18(33(4,28)29)20(30-3)19(17)21(27)26-11-16(12-26)32-15-7-5-14(6-8-15)22(23,24)25/h5-10,13,16H,11-12H2,1-4H3. The molecule has 0 aliphatic carbocycles. The minimum absolute atomic E-state index is 0.0119. The molecule has 1 amide bonds. The lowest BCUT2D eigenvalue weighted by Gasteiger charge is -2.39. The number of methoxy groups -OCH3 is 1. The van der Waals surface area contributed by atoms with Crippen LogP contribution in [0, 0.1) is 0 Å². The van der Waals surface area contributed by atoms with Gasteiger partial charge in [0.25, 0.3) is 5.91 Å². The van der Waals surface area contributed by atoms with Gasteiger partial charge < -0.3 is 19.1 Å². The predicted octanol–water partition coefficient (Wildman–Crippen LogP) is 3.81. The third-order valence-electron chi connectivity index (χ3n) is 4.88. The molecule has 180 valence electrons. The summed E-state index contributed by atoms with van der Waals surface area (Å²) < 4.78 is 79.1. The first-order chi connectivity index (χ1) is 15.3. The number of benzene rings is 2. The van der Waals surface area contributed by atoms with Crippen LogP contribution in [0.3, 0.4) is 0 Å². The number of amides is 1. The molecule has 3 rings (SSSR count). The first kappa shape index (κ1) is 24.7. The molecule has 2 aromatic carbocycles. The average molecular weight is 487 g/mol. The molecule has 1 heterocycles. The molecule has 1 aliphatic heterocycles. The van der Waals surface area contributed by atoms with Crippen molar-refractivity contribution >= 4 is 15.7 Å². The van der Waals surface area contributed by atoms with Crippen LogP contribution in [-0.4, -0.2) is 57.9 Å². The molecule has 1 fully saturated rings. The number of carbonyl (C=O) groups is 1. The highest BCUT2D eigenvalue weighted by Gasteiger charge is 2.37. The fourth-order valence-electron chi connectivity index (χ4n) is 3.35. The maximum absolute atomic E-state index is 13.2. The lowest BCUT2D eigenvalue weighted by atomic mass is 10.1. The summed E-state index contributed by atoms with van der Waals surface area (Å²) in [5.74, 6) is -0.167. The van der Waals surface area contributed by atoms with Crippen molar-refractivity contribution in [3.05, 3.63) is 47.5 Å². The number of alkyl halides is 3. The van der Waals surface area contributed by atoms with Crippen molar-refractivity contribution in [3.8, 4) is 17.2 Å². The number of halogens is 3. The lowest BCUT2D eigenvalue weighted by Crippen LogP contribution is -2.56. The highest BCUT2D eigenvalue weighted by Crippen LogP contribution is 2.37. The van der Waals surface area contributed by atoms with Crippen molar-refractivity contribution in [2.24, 2.45) is 0 Å². The van der Waals surface area contributed by atoms with Crippen LogP contribution < -0.4 is 14.2 Å². The minimum Gasteiger partial charge on any atom is -0.494 e. The van der Waals surface area contributed by atoms with Crippen LogP contribution in [0.4, 0.5) is 13.2 Å². The summed E-state index contributed by atoms with van der Waals surface area (Å²) in [5, 5.41) is 0. The molecular weight excluding hydrogens is 463 g/mol. The monoisotopic (exact) mass is 487 g/mol. The topological polar surface area (TPSA) is 82.1 Å². The Balaban J connectivity index is 1.79. The molecule has 0 aromatic heterocycles. The Labute approximate surface area is 190 Å². The summed E-state index contributed by atoms with van der Waals surface area (Å²) in [5.41, 5.74) is -0.794. The number of hydrogen-bond acceptors (Lipinski definition) is 6. The summed E-state index contributed by atoms with van der Waals surface area (Å²) in [6.45, 7) is 3.85. The number of nitrogens with zero attached hydrogens (tertiary/aromatic N) is 1. The van der Waals surface area contributed by atoms with E-state index in [9.17, 15) is 26.4 Å². The van der Waals surface area contributed by atoms with E-state index < -0.39 is 33.6 Å². The molecular formula is C22H24F3NO6S. The maximum Gasteiger partial charge on any atom is 0.416 e. The van der Waals surface area contributed by atoms with Gasteiger partial charge in [0.05, 0.1) is 31.9 Å². The van der Waals surface area contributed by atoms with Gasteiger partial charge in [-0.3, -0.25) is 4.79 Å². The Morgan fingerprint density at radius 1 is 1.09 bits per heavy atom. The van der Waals surface area contributed by atoms with Gasteiger partial charge in [0.2, 0.25) is 0 Å². The van der Waals surface area contributed by atoms with E-state index in [2.05, 4.69) is 0 Å². The third kappa shape index (κ3) is 5.52. The smallest absolute Gasteiger partial charge is 0.416 e. The molecule has 7 nitrogen and oxygen atoms in total. The highest BCUT2D eigenvalue weighted by molar-refractivity contribution is 7.90. The number of sulfone groups is 1. The Kier molecular flexibility index (Phi) is 6.83. The molecule has 0 N–H and O–H groups in total. The molecule has 0 atom stereocenters. The second kappa shape index (κ2) is 9.12. The maximum atomic E-state index is 13.2. The molecule has 1 aliphatic rings. The first-order valence-corrected chi connectivity index (χ1v) is 11.9. The van der Waals surface area contributed by atoms with E-state index in [0.29, 0.717) is 0 Å². The van der Waals surface area contributed by atoms with Crippen molar-refractivity contribution in [2.75, 3.05) is 26.5 Å². The van der Waals surface area contributed by atoms with E-state index in [4.69, 9.17) is 14.2 Å². The van der Waals surface area contributed by atoms with Crippen molar-refractivity contribution in [3.63, 3.8) is 0 Å². The van der Waals surface area contributed by atoms with Crippen LogP contribution >= 0.6 is 0 Å². The fraction of sp³-hybridized carbons (Fsp3) is 0.409. The van der Waals surface area contributed by atoms with Gasteiger partial charge >= 0.3 is 6.18 Å². The van der Waals surface area contributed by atoms with Gasteiger partial charge in [-0.05, 0) is 50.2 Å². The zero-order valence-corrected chi connectivity index (χ0v) is 19.3. The highest BCUT2D eigenvalue weighted by atomic mass is 32.2. The van der Waals surface area contributed by atoms with Gasteiger partial charge in [-0.2, -0.15) is 13.2 Å². The second-order valence-corrected chi connectivity index (χ2v) is 9.87. The molecule has 0 unspecified atom stereocenters. The normalized spacial score (nSPS) is 14.7. The van der Waals surface area contributed by atoms with Crippen LogP contribution in [0.15, 0.2) is 41.3 Å². The Morgan fingerprint density at radius 2 is 1.70 bits per heavy atom. The van der Waals surface area contributed by atoms with Crippen molar-refractivity contribution in [2.45, 2.75) is 37.1 Å². The van der Waals surface area contributed by atoms with E-state index in [1.54, 1.807) is 13.8 Å². The zero-order valence-electron chi connectivity index (χ0n) is 18.5. The van der Waals surface area contributed by atoms with Crippen molar-refractivity contribution < 1.29 is 40.6 Å². The average Bonchev–Trinajstić information content (AvgIpc) is 2.67. The number of carbonyl (C=O) groups excluding carboxylic acids is 1. The lowest BCUT2D eigenvalue weighted by molar-refractivity contribution is -0.137. The molecule has 0 radical (unpaired) electrons. The summed E-state index contributed by atoms with van der Waals surface area (Å²) in [6.07, 6.45) is -4.13. The quantitative estimate of drug-likeness (QED) is 0.591. The van der Waals surface area contributed by atoms with Gasteiger partial charge in [-0.15, -0.1) is 0 Å². The van der Waals surface area contributed by atoms with Crippen LogP contribution in [0.25, 0.3) is 0 Å². The second-order valence-electron chi connectivity index (χ2n) is 7.88. The largest absolute Gasteiger partial charge is 0.494 e. The SMILES string of the molecule is COc1c(S(C)(=O)=O)ccc(OC(C)C)c1C(=O)N1CC(Oc2ccc(C(F)(F)F)cc2)C1. The Bertz CT molecular complexity index is 1120. The van der Waals surface area contributed by atoms with E-state index in [0.717, 1.165) is 18.4 Å². The summed E-state index contributed by atoms with van der Waals surface area (Å²) in [6, 6.07) is 7.04. The van der Waals surface area contributed by atoms with E-state index in [1.807, 2.05) is 0 Å². The van der Waals surface area contributed by atoms with Crippen molar-refractivity contribution in [1.82, 2.24) is 4.90 Å². The summed E-state index contributed by atoms with van der Waals surface area (Å²) >= 11 is 0. The van der Waals surface area contributed by atoms with Gasteiger partial charge in [-0.1, -0.05) is 0 Å². The molecule has 33 heavy (non-hydrogen) atoms. The van der Waals surface area contributed by atoms with Gasteiger partial charge in [0.15, 0.2) is 15.6 Å². The van der Waals surface area contributed by atoms with E-state index >= 15 is 0 Å². The molecule has 0 saturated carbocycles. The zero-order chi connectivity index (χ0) is 24.6. The molecule has 2 aromatic rings. The molecule has 0 spiro atoms. The number of hydrogen-bond donors (Lipinski definition) is 0. The number of likely N-dealkylation sites (tertiary alicyclic amines) is 1. The van der Waals surface area contributed by atoms with Gasteiger partial charge in [-0.25, -0.2) is 8.42 Å². The molecule has 11 heteroatoms. The van der Waals surface area contributed by atoms with Crippen LogP contribution in [0.5, 0.6) is 17.2 Å². The van der Waals surface area contributed by atoms with Crippen LogP contribution in [0.1, 0.15) is 29.8 Å². The van der Waals surface area contributed by atoms with E-state index in [-0.39, 0.29) is 46.9 Å². The summed E-state index contributed by atoms with van der Waals surface area (Å²) in [4.78, 5) is 14.5. The first-order valence-electron chi connectivity index (χ1n) is 10.0. The molecule has 1 saturated heterocycles. The predicted molar refractivity (Wildman–Crippen MR) is 114 cm³/mol.